The summed E-state index contributed by atoms with van der Waals surface area (Å²) in [5.74, 6) is -0.542. The number of hydrogen-bond donors (Lipinski definition) is 1. The highest BCUT2D eigenvalue weighted by atomic mass is 16.5. The zero-order valence-corrected chi connectivity index (χ0v) is 13.3. The molecule has 6 heteroatoms. The zero-order valence-electron chi connectivity index (χ0n) is 13.3. The third kappa shape index (κ3) is 4.74. The van der Waals surface area contributed by atoms with Crippen LogP contribution >= 0.6 is 0 Å². The number of ketones is 1. The van der Waals surface area contributed by atoms with E-state index in [0.29, 0.717) is 17.9 Å². The highest BCUT2D eigenvalue weighted by Crippen LogP contribution is 2.15. The molecule has 0 aliphatic carbocycles. The van der Waals surface area contributed by atoms with Crippen LogP contribution in [0.3, 0.4) is 0 Å². The van der Waals surface area contributed by atoms with Crippen LogP contribution in [0, 0.1) is 4.91 Å². The number of benzene rings is 2. The van der Waals surface area contributed by atoms with Gasteiger partial charge in [0.25, 0.3) is 5.91 Å². The van der Waals surface area contributed by atoms with Crippen LogP contribution in [0.2, 0.25) is 0 Å². The molecule has 24 heavy (non-hydrogen) atoms. The van der Waals surface area contributed by atoms with E-state index in [1.165, 1.54) is 0 Å². The molecular weight excluding hydrogens is 308 g/mol. The second kappa shape index (κ2) is 8.57. The Morgan fingerprint density at radius 2 is 1.88 bits per heavy atom. The Morgan fingerprint density at radius 3 is 2.54 bits per heavy atom. The van der Waals surface area contributed by atoms with Crippen molar-refractivity contribution in [2.45, 2.75) is 18.9 Å². The molecule has 0 radical (unpaired) electrons. The minimum absolute atomic E-state index is 0.0474. The average Bonchev–Trinajstić information content (AvgIpc) is 2.61. The van der Waals surface area contributed by atoms with Crippen molar-refractivity contribution in [1.82, 2.24) is 0 Å². The molecule has 1 atom stereocenters. The molecule has 6 nitrogen and oxygen atoms in total. The number of anilines is 1. The zero-order chi connectivity index (χ0) is 17.4. The van der Waals surface area contributed by atoms with Crippen molar-refractivity contribution >= 4 is 17.4 Å². The Bertz CT molecular complexity index is 716. The lowest BCUT2D eigenvalue weighted by atomic mass is 10.0. The molecule has 124 valence electrons. The molecule has 0 aliphatic heterocycles. The van der Waals surface area contributed by atoms with Gasteiger partial charge in [0.15, 0.2) is 5.78 Å². The lowest BCUT2D eigenvalue weighted by Gasteiger charge is -2.10. The number of ether oxygens (including phenoxy) is 1. The van der Waals surface area contributed by atoms with Gasteiger partial charge in [-0.2, -0.15) is 0 Å². The monoisotopic (exact) mass is 326 g/mol. The number of methoxy groups -OCH3 is 1. The smallest absolute Gasteiger partial charge is 0.260 e. The van der Waals surface area contributed by atoms with E-state index < -0.39 is 17.7 Å². The number of carbonyl (C=O) groups excluding carboxylic acids is 2. The van der Waals surface area contributed by atoms with E-state index in [0.717, 1.165) is 5.56 Å². The quantitative estimate of drug-likeness (QED) is 0.597. The van der Waals surface area contributed by atoms with Crippen LogP contribution in [0.4, 0.5) is 5.69 Å². The molecule has 2 aromatic rings. The maximum atomic E-state index is 12.1. The summed E-state index contributed by atoms with van der Waals surface area (Å²) in [5, 5.41) is 5.21. The largest absolute Gasteiger partial charge is 0.497 e. The van der Waals surface area contributed by atoms with Gasteiger partial charge >= 0.3 is 0 Å². The van der Waals surface area contributed by atoms with Crippen molar-refractivity contribution < 1.29 is 14.3 Å². The van der Waals surface area contributed by atoms with Gasteiger partial charge in [0, 0.05) is 12.1 Å². The molecule has 0 saturated carbocycles. The predicted octanol–water partition coefficient (Wildman–Crippen LogP) is 2.97. The third-order valence-electron chi connectivity index (χ3n) is 3.49. The highest BCUT2D eigenvalue weighted by Gasteiger charge is 2.27. The number of nitrogens with one attached hydrogen (secondary N) is 1. The van der Waals surface area contributed by atoms with Crippen molar-refractivity contribution in [1.29, 1.82) is 0 Å². The lowest BCUT2D eigenvalue weighted by molar-refractivity contribution is -0.127. The summed E-state index contributed by atoms with van der Waals surface area (Å²) in [6, 6.07) is 14.3. The van der Waals surface area contributed by atoms with Crippen LogP contribution < -0.4 is 10.1 Å². The van der Waals surface area contributed by atoms with E-state index in [-0.39, 0.29) is 6.42 Å². The van der Waals surface area contributed by atoms with E-state index in [4.69, 9.17) is 4.74 Å². The van der Waals surface area contributed by atoms with Crippen molar-refractivity contribution in [2.75, 3.05) is 12.4 Å². The number of hydrogen-bond acceptors (Lipinski definition) is 5. The van der Waals surface area contributed by atoms with Gasteiger partial charge in [0.05, 0.1) is 7.11 Å². The SMILES string of the molecule is COc1cccc(CCC(=O)C(N=O)C(=O)Nc2ccccc2)c1. The minimum Gasteiger partial charge on any atom is -0.497 e. The number of rotatable bonds is 8. The third-order valence-corrected chi connectivity index (χ3v) is 3.49. The van der Waals surface area contributed by atoms with E-state index in [9.17, 15) is 14.5 Å². The van der Waals surface area contributed by atoms with Crippen LogP contribution in [0.1, 0.15) is 12.0 Å². The summed E-state index contributed by atoms with van der Waals surface area (Å²) in [7, 11) is 1.56. The average molecular weight is 326 g/mol. The predicted molar refractivity (Wildman–Crippen MR) is 91.0 cm³/mol. The first-order chi connectivity index (χ1) is 11.6. The van der Waals surface area contributed by atoms with Gasteiger partial charge in [-0.05, 0) is 41.4 Å². The standard InChI is InChI=1S/C18H18N2O4/c1-24-15-9-5-6-13(12-15)10-11-16(21)17(20-23)18(22)19-14-7-3-2-4-8-14/h2-9,12,17H,10-11H2,1H3,(H,19,22). The number of amides is 1. The van der Waals surface area contributed by atoms with Crippen molar-refractivity contribution in [3.63, 3.8) is 0 Å². The van der Waals surface area contributed by atoms with Crippen LogP contribution in [-0.2, 0) is 16.0 Å². The summed E-state index contributed by atoms with van der Waals surface area (Å²) in [6.45, 7) is 0. The molecule has 1 amide bonds. The molecule has 2 aromatic carbocycles. The Morgan fingerprint density at radius 1 is 1.12 bits per heavy atom. The molecule has 0 saturated heterocycles. The van der Waals surface area contributed by atoms with Crippen LogP contribution in [0.5, 0.6) is 5.75 Å². The van der Waals surface area contributed by atoms with Gasteiger partial charge in [-0.3, -0.25) is 9.59 Å². The molecule has 0 fully saturated rings. The summed E-state index contributed by atoms with van der Waals surface area (Å²) in [5.41, 5.74) is 1.40. The van der Waals surface area contributed by atoms with E-state index >= 15 is 0 Å². The van der Waals surface area contributed by atoms with Gasteiger partial charge in [-0.15, -0.1) is 4.91 Å². The molecule has 0 heterocycles. The van der Waals surface area contributed by atoms with Gasteiger partial charge in [0.1, 0.15) is 5.75 Å². The van der Waals surface area contributed by atoms with Crippen molar-refractivity contribution in [3.05, 3.63) is 65.1 Å². The van der Waals surface area contributed by atoms with Crippen LogP contribution in [0.25, 0.3) is 0 Å². The van der Waals surface area contributed by atoms with E-state index in [1.54, 1.807) is 49.6 Å². The maximum absolute atomic E-state index is 12.1. The molecule has 0 bridgehead atoms. The summed E-state index contributed by atoms with van der Waals surface area (Å²) >= 11 is 0. The Kier molecular flexibility index (Phi) is 6.19. The maximum Gasteiger partial charge on any atom is 0.260 e. The Balaban J connectivity index is 1.95. The van der Waals surface area contributed by atoms with Crippen LogP contribution in [-0.4, -0.2) is 24.8 Å². The normalized spacial score (nSPS) is 11.4. The van der Waals surface area contributed by atoms with E-state index in [1.807, 2.05) is 12.1 Å². The fourth-order valence-corrected chi connectivity index (χ4v) is 2.22. The molecule has 1 N–H and O–H groups in total. The number of aryl methyl sites for hydroxylation is 1. The number of para-hydroxylation sites is 1. The number of nitroso groups, excluding NO2 is 1. The highest BCUT2D eigenvalue weighted by molar-refractivity contribution is 6.11. The first-order valence-corrected chi connectivity index (χ1v) is 7.48. The Hall–Kier alpha value is -3.02. The summed E-state index contributed by atoms with van der Waals surface area (Å²) in [4.78, 5) is 35.1. The fraction of sp³-hybridized carbons (Fsp3) is 0.222. The molecule has 1 unspecified atom stereocenters. The Labute approximate surface area is 139 Å². The molecule has 2 rings (SSSR count). The van der Waals surface area contributed by atoms with Crippen molar-refractivity contribution in [2.24, 2.45) is 5.18 Å². The summed E-state index contributed by atoms with van der Waals surface area (Å²) < 4.78 is 5.12. The number of Topliss-reactive ketones (excluding diaryl/α,β-unsaturated/α-hetero) is 1. The van der Waals surface area contributed by atoms with Crippen molar-refractivity contribution in [3.8, 4) is 5.75 Å². The molecular formula is C18H18N2O4. The fourth-order valence-electron chi connectivity index (χ4n) is 2.22. The van der Waals surface area contributed by atoms with Gasteiger partial charge in [-0.25, -0.2) is 0 Å². The summed E-state index contributed by atoms with van der Waals surface area (Å²) in [6.07, 6.45) is 0.451. The molecule has 0 aliphatic rings. The van der Waals surface area contributed by atoms with Gasteiger partial charge < -0.3 is 10.1 Å². The molecule has 0 spiro atoms. The second-order valence-electron chi connectivity index (χ2n) is 5.18. The van der Waals surface area contributed by atoms with Gasteiger partial charge in [-0.1, -0.05) is 30.3 Å². The first-order valence-electron chi connectivity index (χ1n) is 7.48. The van der Waals surface area contributed by atoms with Crippen LogP contribution in [0.15, 0.2) is 59.8 Å². The second-order valence-corrected chi connectivity index (χ2v) is 5.18. The lowest BCUT2D eigenvalue weighted by Crippen LogP contribution is -2.33. The molecule has 0 aromatic heterocycles. The first kappa shape index (κ1) is 17.3. The topological polar surface area (TPSA) is 84.8 Å². The number of nitrogens with zero attached hydrogens (tertiary/aromatic N) is 1. The number of carbonyl (C=O) groups is 2. The van der Waals surface area contributed by atoms with E-state index in [2.05, 4.69) is 10.5 Å². The van der Waals surface area contributed by atoms with Gasteiger partial charge in [0.2, 0.25) is 6.04 Å². The minimum atomic E-state index is -1.55.